The molecule has 1 aliphatic carbocycles. The SMILES string of the molecule is CCC[C@H](OC(C)=O)C(=O)NC1CC(C)C(OC2OC(CC)C(OC(C)=O)C(OC(C)=O)C2OC(C)=O)C(O)C1OC1OC(CC)C(C)C(C)C1OC(C)=O. The second-order valence-corrected chi connectivity index (χ2v) is 14.8. The molecule has 17 nitrogen and oxygen atoms in total. The van der Waals surface area contributed by atoms with E-state index < -0.39 is 115 Å². The smallest absolute Gasteiger partial charge is 0.303 e. The van der Waals surface area contributed by atoms with Crippen molar-refractivity contribution in [3.8, 4) is 0 Å². The largest absolute Gasteiger partial charge is 0.457 e. The molecule has 2 heterocycles. The van der Waals surface area contributed by atoms with Gasteiger partial charge < -0.3 is 53.1 Å². The van der Waals surface area contributed by atoms with Gasteiger partial charge in [-0.05, 0) is 37.5 Å². The summed E-state index contributed by atoms with van der Waals surface area (Å²) in [6, 6.07) is -0.898. The third-order valence-electron chi connectivity index (χ3n) is 10.4. The minimum atomic E-state index is -1.54. The van der Waals surface area contributed by atoms with E-state index in [2.05, 4.69) is 5.32 Å². The molecule has 0 bridgehead atoms. The Bertz CT molecular complexity index is 1340. The molecule has 17 heteroatoms. The fourth-order valence-corrected chi connectivity index (χ4v) is 7.74. The average molecular weight is 788 g/mol. The monoisotopic (exact) mass is 787 g/mol. The van der Waals surface area contributed by atoms with Gasteiger partial charge in [0.05, 0.1) is 18.2 Å². The maximum absolute atomic E-state index is 13.6. The lowest BCUT2D eigenvalue weighted by Crippen LogP contribution is -2.66. The number of nitrogens with one attached hydrogen (secondary N) is 1. The molecular weight excluding hydrogens is 726 g/mol. The highest BCUT2D eigenvalue weighted by Gasteiger charge is 2.55. The van der Waals surface area contributed by atoms with Crippen molar-refractivity contribution in [2.24, 2.45) is 17.8 Å². The Labute approximate surface area is 323 Å². The molecule has 2 saturated heterocycles. The number of carbonyl (C=O) groups excluding carboxylic acids is 6. The van der Waals surface area contributed by atoms with E-state index in [1.807, 2.05) is 27.7 Å². The van der Waals surface area contributed by atoms with Crippen LogP contribution in [0.3, 0.4) is 0 Å². The summed E-state index contributed by atoms with van der Waals surface area (Å²) in [5, 5.41) is 15.2. The van der Waals surface area contributed by atoms with Crippen molar-refractivity contribution < 1.29 is 76.5 Å². The molecule has 2 N–H and O–H groups in total. The highest BCUT2D eigenvalue weighted by Crippen LogP contribution is 2.40. The van der Waals surface area contributed by atoms with Crippen molar-refractivity contribution in [1.29, 1.82) is 0 Å². The van der Waals surface area contributed by atoms with E-state index in [0.29, 0.717) is 12.8 Å². The molecule has 0 radical (unpaired) electrons. The molecular formula is C38H61NO16. The van der Waals surface area contributed by atoms with E-state index in [4.69, 9.17) is 42.6 Å². The third-order valence-corrected chi connectivity index (χ3v) is 10.4. The lowest BCUT2D eigenvalue weighted by Gasteiger charge is -2.50. The molecule has 55 heavy (non-hydrogen) atoms. The molecule has 3 fully saturated rings. The van der Waals surface area contributed by atoms with Crippen molar-refractivity contribution in [2.45, 2.75) is 188 Å². The maximum Gasteiger partial charge on any atom is 0.303 e. The summed E-state index contributed by atoms with van der Waals surface area (Å²) in [5.74, 6) is -4.78. The van der Waals surface area contributed by atoms with Crippen LogP contribution >= 0.6 is 0 Å². The molecule has 1 amide bonds. The predicted octanol–water partition coefficient (Wildman–Crippen LogP) is 2.64. The second-order valence-electron chi connectivity index (χ2n) is 14.8. The molecule has 314 valence electrons. The first-order valence-corrected chi connectivity index (χ1v) is 19.3. The highest BCUT2D eigenvalue weighted by atomic mass is 16.7. The van der Waals surface area contributed by atoms with Crippen molar-refractivity contribution >= 4 is 35.8 Å². The zero-order chi connectivity index (χ0) is 41.3. The number of carbonyl (C=O) groups is 6. The van der Waals surface area contributed by atoms with Crippen LogP contribution in [0.4, 0.5) is 0 Å². The number of amides is 1. The lowest BCUT2D eigenvalue weighted by atomic mass is 9.79. The quantitative estimate of drug-likeness (QED) is 0.180. The van der Waals surface area contributed by atoms with Gasteiger partial charge in [0.15, 0.2) is 43.1 Å². The number of aliphatic hydroxyl groups is 1. The van der Waals surface area contributed by atoms with E-state index in [-0.39, 0.29) is 37.2 Å². The lowest BCUT2D eigenvalue weighted by molar-refractivity contribution is -0.339. The second kappa shape index (κ2) is 20.7. The van der Waals surface area contributed by atoms with Crippen LogP contribution in [0.15, 0.2) is 0 Å². The van der Waals surface area contributed by atoms with Crippen molar-refractivity contribution in [2.75, 3.05) is 0 Å². The standard InChI is InChI=1S/C38H61NO16/c1-12-15-28(47-20(7)40)36(46)39-25-16-17(4)30(29(45)32(25)55-37-31(48-21(8)41)19(6)18(5)26(13-2)52-37)54-38-35(51-24(11)44)34(50-23(10)43)33(49-22(9)42)27(14-3)53-38/h17-19,25-35,37-38,45H,12-16H2,1-11H3,(H,39,46)/t17?,18?,19?,25?,26?,27?,28-,29?,30?,31?,32?,33?,34?,35?,37?,38?/m0/s1. The summed E-state index contributed by atoms with van der Waals surface area (Å²) in [4.78, 5) is 74.7. The third kappa shape index (κ3) is 12.1. The fourth-order valence-electron chi connectivity index (χ4n) is 7.74. The number of ether oxygens (including phenoxy) is 9. The van der Waals surface area contributed by atoms with Crippen molar-refractivity contribution in [3.05, 3.63) is 0 Å². The molecule has 0 aromatic heterocycles. The van der Waals surface area contributed by atoms with Crippen LogP contribution in [0.25, 0.3) is 0 Å². The molecule has 2 aliphatic heterocycles. The number of rotatable bonds is 15. The number of hydrogen-bond donors (Lipinski definition) is 2. The normalized spacial score (nSPS) is 36.8. The van der Waals surface area contributed by atoms with Gasteiger partial charge in [0.2, 0.25) is 0 Å². The average Bonchev–Trinajstić information content (AvgIpc) is 3.08. The van der Waals surface area contributed by atoms with Gasteiger partial charge in [-0.25, -0.2) is 0 Å². The molecule has 0 aromatic carbocycles. The summed E-state index contributed by atoms with van der Waals surface area (Å²) in [6.07, 6.45) is -11.8. The molecule has 3 rings (SSSR count). The van der Waals surface area contributed by atoms with E-state index in [9.17, 15) is 33.9 Å². The zero-order valence-corrected chi connectivity index (χ0v) is 33.8. The van der Waals surface area contributed by atoms with E-state index in [1.54, 1.807) is 13.8 Å². The molecule has 0 spiro atoms. The van der Waals surface area contributed by atoms with Crippen LogP contribution < -0.4 is 5.32 Å². The minimum Gasteiger partial charge on any atom is -0.457 e. The first kappa shape index (κ1) is 46.0. The molecule has 16 atom stereocenters. The Morgan fingerprint density at radius 3 is 1.65 bits per heavy atom. The van der Waals surface area contributed by atoms with Gasteiger partial charge in [0.1, 0.15) is 18.3 Å². The van der Waals surface area contributed by atoms with Gasteiger partial charge in [-0.2, -0.15) is 0 Å². The molecule has 3 aliphatic rings. The van der Waals surface area contributed by atoms with Gasteiger partial charge in [-0.1, -0.05) is 48.0 Å². The van der Waals surface area contributed by atoms with E-state index >= 15 is 0 Å². The highest BCUT2D eigenvalue weighted by molar-refractivity contribution is 5.83. The maximum atomic E-state index is 13.6. The van der Waals surface area contributed by atoms with Crippen molar-refractivity contribution in [3.63, 3.8) is 0 Å². The number of esters is 5. The van der Waals surface area contributed by atoms with Crippen molar-refractivity contribution in [1.82, 2.24) is 5.32 Å². The van der Waals surface area contributed by atoms with Gasteiger partial charge in [0.25, 0.3) is 5.91 Å². The van der Waals surface area contributed by atoms with Gasteiger partial charge in [0, 0.05) is 40.5 Å². The molecule has 15 unspecified atom stereocenters. The van der Waals surface area contributed by atoms with Gasteiger partial charge in [-0.3, -0.25) is 28.8 Å². The molecule has 1 saturated carbocycles. The van der Waals surface area contributed by atoms with Crippen LogP contribution in [-0.2, 0) is 71.4 Å². The first-order valence-electron chi connectivity index (χ1n) is 19.3. The van der Waals surface area contributed by atoms with Crippen LogP contribution in [0.1, 0.15) is 108 Å². The first-order chi connectivity index (χ1) is 25.8. The topological polar surface area (TPSA) is 218 Å². The summed E-state index contributed by atoms with van der Waals surface area (Å²) in [5.41, 5.74) is 0. The number of aliphatic hydroxyl groups excluding tert-OH is 1. The van der Waals surface area contributed by atoms with Gasteiger partial charge in [-0.15, -0.1) is 0 Å². The molecule has 0 aromatic rings. The van der Waals surface area contributed by atoms with Crippen LogP contribution in [-0.4, -0.2) is 121 Å². The van der Waals surface area contributed by atoms with E-state index in [1.165, 1.54) is 20.8 Å². The Balaban J connectivity index is 2.07. The predicted molar refractivity (Wildman–Crippen MR) is 190 cm³/mol. The number of hydrogen-bond acceptors (Lipinski definition) is 16. The van der Waals surface area contributed by atoms with E-state index in [0.717, 1.165) is 13.8 Å². The zero-order valence-electron chi connectivity index (χ0n) is 33.8. The summed E-state index contributed by atoms with van der Waals surface area (Å²) >= 11 is 0. The van der Waals surface area contributed by atoms with Crippen LogP contribution in [0.2, 0.25) is 0 Å². The Morgan fingerprint density at radius 2 is 1.13 bits per heavy atom. The summed E-state index contributed by atoms with van der Waals surface area (Å²) < 4.78 is 53.4. The summed E-state index contributed by atoms with van der Waals surface area (Å²) in [6.45, 7) is 17.2. The minimum absolute atomic E-state index is 0.0234. The summed E-state index contributed by atoms with van der Waals surface area (Å²) in [7, 11) is 0. The Hall–Kier alpha value is -3.38. The Kier molecular flexibility index (Phi) is 17.3. The van der Waals surface area contributed by atoms with Crippen LogP contribution in [0.5, 0.6) is 0 Å². The fraction of sp³-hybridized carbons (Fsp3) is 0.842. The van der Waals surface area contributed by atoms with Crippen LogP contribution in [0, 0.1) is 17.8 Å². The van der Waals surface area contributed by atoms with Gasteiger partial charge >= 0.3 is 29.8 Å². The Morgan fingerprint density at radius 1 is 0.636 bits per heavy atom.